The lowest BCUT2D eigenvalue weighted by Crippen LogP contribution is -2.12. The first-order valence-corrected chi connectivity index (χ1v) is 12.2. The summed E-state index contributed by atoms with van der Waals surface area (Å²) < 4.78 is 6.38. The predicted octanol–water partition coefficient (Wildman–Crippen LogP) is 6.71. The van der Waals surface area contributed by atoms with Crippen molar-refractivity contribution in [2.75, 3.05) is 0 Å². The van der Waals surface area contributed by atoms with Gasteiger partial charge in [-0.15, -0.1) is 0 Å². The Kier molecular flexibility index (Phi) is 4.88. The maximum absolute atomic E-state index is 6.38. The molecule has 0 N–H and O–H groups in total. The molecule has 1 aliphatic carbocycles. The molecule has 3 nitrogen and oxygen atoms in total. The highest BCUT2D eigenvalue weighted by atomic mass is 16.3. The highest BCUT2D eigenvalue weighted by molar-refractivity contribution is 6.38. The van der Waals surface area contributed by atoms with Gasteiger partial charge < -0.3 is 4.42 Å². The summed E-state index contributed by atoms with van der Waals surface area (Å²) in [7, 11) is 6.37. The quantitative estimate of drug-likeness (QED) is 0.292. The first-order valence-electron chi connectivity index (χ1n) is 12.2. The molecule has 5 aromatic rings. The maximum Gasteiger partial charge on any atom is 0.152 e. The van der Waals surface area contributed by atoms with Crippen molar-refractivity contribution < 1.29 is 4.42 Å². The monoisotopic (exact) mass is 442 g/mol. The molecule has 1 aliphatic rings. The van der Waals surface area contributed by atoms with Crippen molar-refractivity contribution in [3.8, 4) is 0 Å². The number of rotatable bonds is 3. The molecule has 4 heteroatoms. The molecule has 0 saturated heterocycles. The van der Waals surface area contributed by atoms with Gasteiger partial charge in [0.15, 0.2) is 5.58 Å². The second-order valence-corrected chi connectivity index (χ2v) is 9.94. The summed E-state index contributed by atoms with van der Waals surface area (Å²) in [5, 5.41) is 5.35. The SMILES string of the molecule is [B]c1cccc2oc3ccc4cccc5c(=NC6=C(C(C)C)CCC=C6C(C)C)c(nc12)c3c45. The predicted molar refractivity (Wildman–Crippen MR) is 143 cm³/mol. The number of allylic oxidation sites excluding steroid dienone is 3. The van der Waals surface area contributed by atoms with E-state index in [1.807, 2.05) is 24.3 Å². The van der Waals surface area contributed by atoms with Crippen LogP contribution in [-0.2, 0) is 0 Å². The normalized spacial score (nSPS) is 15.7. The zero-order valence-electron chi connectivity index (χ0n) is 20.1. The van der Waals surface area contributed by atoms with E-state index in [1.165, 1.54) is 11.1 Å². The van der Waals surface area contributed by atoms with Crippen LogP contribution in [0.4, 0.5) is 0 Å². The lowest BCUT2D eigenvalue weighted by Gasteiger charge is -2.24. The fraction of sp³-hybridized carbons (Fsp3) is 0.267. The largest absolute Gasteiger partial charge is 0.454 e. The third-order valence-corrected chi connectivity index (χ3v) is 7.10. The highest BCUT2D eigenvalue weighted by Crippen LogP contribution is 2.37. The molecule has 6 rings (SSSR count). The minimum Gasteiger partial charge on any atom is -0.454 e. The van der Waals surface area contributed by atoms with Gasteiger partial charge in [0, 0.05) is 10.8 Å². The number of hydrogen-bond donors (Lipinski definition) is 0. The van der Waals surface area contributed by atoms with Crippen molar-refractivity contribution in [2.45, 2.75) is 40.5 Å². The van der Waals surface area contributed by atoms with Crippen molar-refractivity contribution in [1.82, 2.24) is 4.98 Å². The number of aromatic nitrogens is 1. The van der Waals surface area contributed by atoms with E-state index in [0.29, 0.717) is 28.4 Å². The van der Waals surface area contributed by atoms with E-state index in [4.69, 9.17) is 22.2 Å². The summed E-state index contributed by atoms with van der Waals surface area (Å²) in [5.41, 5.74) is 7.49. The van der Waals surface area contributed by atoms with Gasteiger partial charge >= 0.3 is 0 Å². The number of benzene rings is 3. The van der Waals surface area contributed by atoms with Gasteiger partial charge in [0.1, 0.15) is 18.9 Å². The van der Waals surface area contributed by atoms with Crippen molar-refractivity contribution in [3.05, 3.63) is 76.8 Å². The van der Waals surface area contributed by atoms with Crippen LogP contribution in [0.15, 0.2) is 80.9 Å². The summed E-state index contributed by atoms with van der Waals surface area (Å²) in [4.78, 5) is 10.6. The van der Waals surface area contributed by atoms with Crippen LogP contribution >= 0.6 is 0 Å². The minimum absolute atomic E-state index is 0.402. The molecule has 0 fully saturated rings. The zero-order valence-corrected chi connectivity index (χ0v) is 20.1. The van der Waals surface area contributed by atoms with Gasteiger partial charge in [-0.2, -0.15) is 0 Å². The molecule has 0 bridgehead atoms. The molecule has 0 atom stereocenters. The second kappa shape index (κ2) is 7.83. The van der Waals surface area contributed by atoms with Crippen molar-refractivity contribution >= 4 is 57.1 Å². The van der Waals surface area contributed by atoms with Crippen molar-refractivity contribution in [1.29, 1.82) is 0 Å². The Labute approximate surface area is 200 Å². The lowest BCUT2D eigenvalue weighted by atomic mass is 9.85. The summed E-state index contributed by atoms with van der Waals surface area (Å²) >= 11 is 0. The van der Waals surface area contributed by atoms with E-state index in [9.17, 15) is 0 Å². The van der Waals surface area contributed by atoms with Crippen LogP contribution in [0.25, 0.3) is 43.7 Å². The van der Waals surface area contributed by atoms with Crippen LogP contribution in [0.2, 0.25) is 0 Å². The van der Waals surface area contributed by atoms with Crippen molar-refractivity contribution in [2.24, 2.45) is 16.8 Å². The molecule has 0 unspecified atom stereocenters. The molecular weight excluding hydrogens is 415 g/mol. The molecule has 0 aliphatic heterocycles. The summed E-state index contributed by atoms with van der Waals surface area (Å²) in [6, 6.07) is 16.3. The fourth-order valence-electron chi connectivity index (χ4n) is 5.42. The molecule has 34 heavy (non-hydrogen) atoms. The highest BCUT2D eigenvalue weighted by Gasteiger charge is 2.22. The van der Waals surface area contributed by atoms with E-state index in [-0.39, 0.29) is 0 Å². The van der Waals surface area contributed by atoms with Crippen LogP contribution in [0, 0.1) is 11.8 Å². The van der Waals surface area contributed by atoms with Gasteiger partial charge in [-0.3, -0.25) is 0 Å². The van der Waals surface area contributed by atoms with Crippen molar-refractivity contribution in [3.63, 3.8) is 0 Å². The van der Waals surface area contributed by atoms with E-state index in [2.05, 4.69) is 58.0 Å². The van der Waals surface area contributed by atoms with Crippen LogP contribution in [-0.4, -0.2) is 12.8 Å². The average molecular weight is 442 g/mol. The van der Waals surface area contributed by atoms with Crippen LogP contribution in [0.3, 0.4) is 0 Å². The van der Waals surface area contributed by atoms with Crippen LogP contribution < -0.4 is 10.8 Å². The van der Waals surface area contributed by atoms with E-state index >= 15 is 0 Å². The van der Waals surface area contributed by atoms with Gasteiger partial charge in [0.2, 0.25) is 0 Å². The third-order valence-electron chi connectivity index (χ3n) is 7.10. The van der Waals surface area contributed by atoms with Gasteiger partial charge in [-0.05, 0) is 53.3 Å². The van der Waals surface area contributed by atoms with E-state index in [1.54, 1.807) is 0 Å². The molecule has 1 aromatic heterocycles. The number of fused-ring (bicyclic) bond motifs is 1. The smallest absolute Gasteiger partial charge is 0.152 e. The molecule has 166 valence electrons. The van der Waals surface area contributed by atoms with E-state index in [0.717, 1.165) is 56.5 Å². The standard InChI is InChI=1S/C30H27BN2O/c1-16(2)19-9-6-10-20(17(3)4)27(19)32-28-21-11-5-8-18-14-15-23-26(25(18)21)30(28)33-29-22(31)12-7-13-24(29)34-23/h5,7-9,11-17H,6,10H2,1-4H3. The Morgan fingerprint density at radius 2 is 1.71 bits per heavy atom. The zero-order chi connectivity index (χ0) is 23.6. The molecule has 0 saturated carbocycles. The average Bonchev–Trinajstić information content (AvgIpc) is 3.01. The Hall–Kier alpha value is -3.40. The molecular formula is C30H27BN2O. The Bertz CT molecular complexity index is 1720. The van der Waals surface area contributed by atoms with Gasteiger partial charge in [0.05, 0.1) is 22.0 Å². The Morgan fingerprint density at radius 1 is 0.882 bits per heavy atom. The number of para-hydroxylation sites is 1. The van der Waals surface area contributed by atoms with Gasteiger partial charge in [-0.25, -0.2) is 9.98 Å². The van der Waals surface area contributed by atoms with E-state index < -0.39 is 0 Å². The summed E-state index contributed by atoms with van der Waals surface area (Å²) in [6.07, 6.45) is 4.50. The summed E-state index contributed by atoms with van der Waals surface area (Å²) in [5.74, 6) is 0.840. The third kappa shape index (κ3) is 3.12. The van der Waals surface area contributed by atoms with Gasteiger partial charge in [0.25, 0.3) is 0 Å². The topological polar surface area (TPSA) is 38.4 Å². The van der Waals surface area contributed by atoms with Gasteiger partial charge in [-0.1, -0.05) is 75.6 Å². The summed E-state index contributed by atoms with van der Waals surface area (Å²) in [6.45, 7) is 9.06. The lowest BCUT2D eigenvalue weighted by molar-refractivity contribution is 0.663. The Morgan fingerprint density at radius 3 is 2.50 bits per heavy atom. The van der Waals surface area contributed by atoms with Crippen LogP contribution in [0.5, 0.6) is 0 Å². The molecule has 1 heterocycles. The Balaban J connectivity index is 1.86. The fourth-order valence-corrected chi connectivity index (χ4v) is 5.42. The number of hydrogen-bond acceptors (Lipinski definition) is 3. The second-order valence-electron chi connectivity index (χ2n) is 9.94. The van der Waals surface area contributed by atoms with Crippen LogP contribution in [0.1, 0.15) is 40.5 Å². The first kappa shape index (κ1) is 21.2. The molecule has 0 spiro atoms. The minimum atomic E-state index is 0.402. The molecule has 2 radical (unpaired) electrons. The first-order chi connectivity index (χ1) is 16.4. The number of nitrogens with zero attached hydrogens (tertiary/aromatic N) is 2. The molecule has 0 amide bonds. The molecule has 4 aromatic carbocycles. The maximum atomic E-state index is 6.38.